The first-order valence-electron chi connectivity index (χ1n) is 2.12. The van der Waals surface area contributed by atoms with Gasteiger partial charge in [0, 0.05) is 17.6 Å². The van der Waals surface area contributed by atoms with Crippen LogP contribution in [0.15, 0.2) is 0 Å². The molecule has 0 rings (SSSR count). The van der Waals surface area contributed by atoms with E-state index >= 15 is 0 Å². The van der Waals surface area contributed by atoms with Crippen molar-refractivity contribution in [3.63, 3.8) is 0 Å². The van der Waals surface area contributed by atoms with Gasteiger partial charge in [-0.25, -0.2) is 0 Å². The fourth-order valence-corrected chi connectivity index (χ4v) is 0.750. The largest absolute Gasteiger partial charge is 0.123 e. The van der Waals surface area contributed by atoms with Gasteiger partial charge in [-0.15, -0.1) is 8.58 Å². The summed E-state index contributed by atoms with van der Waals surface area (Å²) in [5.41, 5.74) is 0. The summed E-state index contributed by atoms with van der Waals surface area (Å²) < 4.78 is 0. The van der Waals surface area contributed by atoms with Gasteiger partial charge in [-0.05, 0) is 12.3 Å². The Hall–Kier alpha value is 0.973. The Bertz CT molecular complexity index is 15.0. The number of hydrogen-bond donors (Lipinski definition) is 0. The molecule has 0 aliphatic carbocycles. The zero-order chi connectivity index (χ0) is 4.12. The minimum Gasteiger partial charge on any atom is -0.123 e. The van der Waals surface area contributed by atoms with Crippen molar-refractivity contribution in [2.75, 3.05) is 12.3 Å². The van der Waals surface area contributed by atoms with Crippen molar-refractivity contribution in [2.45, 2.75) is 13.8 Å². The third-order valence-corrected chi connectivity index (χ3v) is 1.50. The summed E-state index contributed by atoms with van der Waals surface area (Å²) in [5.74, 6) is 0. The van der Waals surface area contributed by atoms with E-state index in [2.05, 4.69) is 13.8 Å². The second kappa shape index (κ2) is 9.36. The predicted octanol–water partition coefficient (Wildman–Crippen LogP) is 1.32. The molecule has 0 spiro atoms. The van der Waals surface area contributed by atoms with Crippen LogP contribution < -0.4 is 0 Å². The summed E-state index contributed by atoms with van der Waals surface area (Å²) in [4.78, 5) is 0. The van der Waals surface area contributed by atoms with Crippen molar-refractivity contribution in [1.29, 1.82) is 0 Å². The van der Waals surface area contributed by atoms with Gasteiger partial charge in [-0.2, -0.15) is 0 Å². The van der Waals surface area contributed by atoms with Crippen LogP contribution in [0.25, 0.3) is 0 Å². The molecular formula is C4H11GeP. The standard InChI is InChI=1S/C4H11P.Ge/c1-3-5-4-2;/h5H,3-4H2,1-2H3;. The van der Waals surface area contributed by atoms with Crippen molar-refractivity contribution < 1.29 is 0 Å². The van der Waals surface area contributed by atoms with E-state index in [0.29, 0.717) is 0 Å². The summed E-state index contributed by atoms with van der Waals surface area (Å²) >= 11 is 0. The van der Waals surface area contributed by atoms with Crippen molar-refractivity contribution in [3.8, 4) is 0 Å². The maximum Gasteiger partial charge on any atom is 0 e. The molecule has 0 aliphatic rings. The Morgan fingerprint density at radius 3 is 1.50 bits per heavy atom. The van der Waals surface area contributed by atoms with Crippen molar-refractivity contribution in [3.05, 3.63) is 0 Å². The number of hydrogen-bond acceptors (Lipinski definition) is 0. The molecule has 0 amide bonds. The van der Waals surface area contributed by atoms with E-state index in [4.69, 9.17) is 0 Å². The van der Waals surface area contributed by atoms with E-state index in [1.165, 1.54) is 20.9 Å². The van der Waals surface area contributed by atoms with Crippen LogP contribution in [0, 0.1) is 0 Å². The van der Waals surface area contributed by atoms with Crippen LogP contribution in [-0.4, -0.2) is 29.9 Å². The van der Waals surface area contributed by atoms with E-state index in [1.807, 2.05) is 0 Å². The van der Waals surface area contributed by atoms with E-state index in [0.717, 1.165) is 0 Å². The van der Waals surface area contributed by atoms with Gasteiger partial charge in [-0.3, -0.25) is 0 Å². The zero-order valence-corrected chi connectivity index (χ0v) is 7.51. The van der Waals surface area contributed by atoms with Gasteiger partial charge in [0.15, 0.2) is 0 Å². The van der Waals surface area contributed by atoms with E-state index in [1.54, 1.807) is 0 Å². The molecule has 4 radical (unpaired) electrons. The molecule has 0 aliphatic heterocycles. The van der Waals surface area contributed by atoms with Gasteiger partial charge in [0.25, 0.3) is 0 Å². The average molecular weight is 163 g/mol. The van der Waals surface area contributed by atoms with Crippen LogP contribution in [0.1, 0.15) is 13.8 Å². The van der Waals surface area contributed by atoms with Crippen LogP contribution in [0.2, 0.25) is 0 Å². The summed E-state index contributed by atoms with van der Waals surface area (Å²) in [7, 11) is 1.20. The molecule has 0 bridgehead atoms. The van der Waals surface area contributed by atoms with Crippen molar-refractivity contribution in [2.24, 2.45) is 0 Å². The van der Waals surface area contributed by atoms with E-state index in [9.17, 15) is 0 Å². The molecule has 0 heterocycles. The van der Waals surface area contributed by atoms with Crippen LogP contribution in [0.5, 0.6) is 0 Å². The second-order valence-corrected chi connectivity index (χ2v) is 2.87. The predicted molar refractivity (Wildman–Crippen MR) is 35.2 cm³/mol. The molecule has 6 heavy (non-hydrogen) atoms. The molecule has 0 N–H and O–H groups in total. The first kappa shape index (κ1) is 10.1. The molecule has 0 aromatic carbocycles. The Morgan fingerprint density at radius 2 is 1.50 bits per heavy atom. The van der Waals surface area contributed by atoms with Gasteiger partial charge in [0.1, 0.15) is 0 Å². The normalized spacial score (nSPS) is 7.00. The monoisotopic (exact) mass is 164 g/mol. The Morgan fingerprint density at radius 1 is 1.17 bits per heavy atom. The van der Waals surface area contributed by atoms with Crippen LogP contribution in [0.4, 0.5) is 0 Å². The average Bonchev–Trinajstić information content (AvgIpc) is 1.41. The van der Waals surface area contributed by atoms with Crippen LogP contribution >= 0.6 is 8.58 Å². The summed E-state index contributed by atoms with van der Waals surface area (Å²) in [5, 5.41) is 0. The minimum atomic E-state index is 0. The molecular weight excluding hydrogens is 152 g/mol. The van der Waals surface area contributed by atoms with Gasteiger partial charge >= 0.3 is 0 Å². The van der Waals surface area contributed by atoms with Gasteiger partial charge in [0.05, 0.1) is 0 Å². The van der Waals surface area contributed by atoms with Crippen molar-refractivity contribution in [1.82, 2.24) is 0 Å². The van der Waals surface area contributed by atoms with Gasteiger partial charge in [-0.1, -0.05) is 13.8 Å². The second-order valence-electron chi connectivity index (χ2n) is 0.957. The molecule has 0 atom stereocenters. The van der Waals surface area contributed by atoms with Crippen molar-refractivity contribution >= 4 is 26.2 Å². The zero-order valence-electron chi connectivity index (χ0n) is 4.41. The Balaban J connectivity index is 0. The summed E-state index contributed by atoms with van der Waals surface area (Å²) in [6.45, 7) is 4.45. The molecule has 0 aromatic rings. The molecule has 0 unspecified atom stereocenters. The quantitative estimate of drug-likeness (QED) is 0.425. The Kier molecular flexibility index (Phi) is 15.7. The molecule has 0 saturated heterocycles. The molecule has 0 nitrogen and oxygen atoms in total. The third-order valence-electron chi connectivity index (χ3n) is 0.500. The molecule has 36 valence electrons. The first-order valence-corrected chi connectivity index (χ1v) is 3.54. The minimum absolute atomic E-state index is 0. The third kappa shape index (κ3) is 8.88. The van der Waals surface area contributed by atoms with Gasteiger partial charge in [0.2, 0.25) is 0 Å². The van der Waals surface area contributed by atoms with E-state index in [-0.39, 0.29) is 17.6 Å². The maximum absolute atomic E-state index is 2.22. The maximum atomic E-state index is 2.22. The van der Waals surface area contributed by atoms with Crippen LogP contribution in [0.3, 0.4) is 0 Å². The molecule has 2 heteroatoms. The fourth-order valence-electron chi connectivity index (χ4n) is 0.250. The van der Waals surface area contributed by atoms with E-state index < -0.39 is 0 Å². The molecule has 0 saturated carbocycles. The smallest absolute Gasteiger partial charge is 0 e. The Labute approximate surface area is 52.8 Å². The summed E-state index contributed by atoms with van der Waals surface area (Å²) in [6, 6.07) is 0. The fraction of sp³-hybridized carbons (Fsp3) is 1.00. The topological polar surface area (TPSA) is 0 Å². The number of rotatable bonds is 2. The van der Waals surface area contributed by atoms with Crippen LogP contribution in [-0.2, 0) is 0 Å². The molecule has 0 fully saturated rings. The SMILES string of the molecule is CCPCC.[Ge]. The van der Waals surface area contributed by atoms with Gasteiger partial charge < -0.3 is 0 Å². The first-order chi connectivity index (χ1) is 2.41. The molecule has 0 aromatic heterocycles. The summed E-state index contributed by atoms with van der Waals surface area (Å²) in [6.07, 6.45) is 2.74.